The van der Waals surface area contributed by atoms with Crippen molar-refractivity contribution in [3.8, 4) is 17.6 Å². The molecule has 4 nitrogen and oxygen atoms in total. The standard InChI is InChI=1S/C15H12ClNO3S/c1-19-12-4-3-9(7-13(12)20-2)10(8-17)14(18)15-11(16)5-6-21-15/h3-7,10H,1-2H3. The lowest BCUT2D eigenvalue weighted by Crippen LogP contribution is -2.10. The maximum atomic E-state index is 12.4. The van der Waals surface area contributed by atoms with Crippen molar-refractivity contribution in [1.82, 2.24) is 0 Å². The van der Waals surface area contributed by atoms with Crippen molar-refractivity contribution in [2.75, 3.05) is 14.2 Å². The Morgan fingerprint density at radius 2 is 2.00 bits per heavy atom. The molecule has 0 aliphatic carbocycles. The molecule has 1 heterocycles. The Balaban J connectivity index is 2.41. The van der Waals surface area contributed by atoms with Gasteiger partial charge in [0.1, 0.15) is 5.92 Å². The number of halogens is 1. The van der Waals surface area contributed by atoms with E-state index >= 15 is 0 Å². The van der Waals surface area contributed by atoms with Crippen molar-refractivity contribution in [1.29, 1.82) is 5.26 Å². The van der Waals surface area contributed by atoms with Crippen LogP contribution in [0.15, 0.2) is 29.6 Å². The quantitative estimate of drug-likeness (QED) is 0.783. The largest absolute Gasteiger partial charge is 0.493 e. The molecule has 0 saturated carbocycles. The summed E-state index contributed by atoms with van der Waals surface area (Å²) in [6.07, 6.45) is 0. The number of nitrogens with zero attached hydrogens (tertiary/aromatic N) is 1. The highest BCUT2D eigenvalue weighted by Gasteiger charge is 2.25. The molecular formula is C15H12ClNO3S. The number of ether oxygens (including phenoxy) is 2. The first-order valence-corrected chi connectivity index (χ1v) is 7.26. The lowest BCUT2D eigenvalue weighted by molar-refractivity contribution is 0.0983. The van der Waals surface area contributed by atoms with E-state index in [9.17, 15) is 10.1 Å². The molecule has 2 rings (SSSR count). The first-order chi connectivity index (χ1) is 10.1. The van der Waals surface area contributed by atoms with Crippen LogP contribution in [-0.4, -0.2) is 20.0 Å². The molecule has 0 N–H and O–H groups in total. The average molecular weight is 322 g/mol. The summed E-state index contributed by atoms with van der Waals surface area (Å²) in [5.74, 6) is -0.231. The number of benzene rings is 1. The number of thiophene rings is 1. The van der Waals surface area contributed by atoms with E-state index in [0.717, 1.165) is 0 Å². The fourth-order valence-corrected chi connectivity index (χ4v) is 3.04. The summed E-state index contributed by atoms with van der Waals surface area (Å²) in [6.45, 7) is 0. The van der Waals surface area contributed by atoms with E-state index in [0.29, 0.717) is 27.0 Å². The summed E-state index contributed by atoms with van der Waals surface area (Å²) in [5.41, 5.74) is 0.546. The minimum atomic E-state index is -0.930. The third-order valence-electron chi connectivity index (χ3n) is 2.97. The van der Waals surface area contributed by atoms with Crippen molar-refractivity contribution in [2.45, 2.75) is 5.92 Å². The van der Waals surface area contributed by atoms with E-state index < -0.39 is 5.92 Å². The highest BCUT2D eigenvalue weighted by Crippen LogP contribution is 2.33. The third-order valence-corrected chi connectivity index (χ3v) is 4.33. The van der Waals surface area contributed by atoms with E-state index in [2.05, 4.69) is 0 Å². The molecule has 0 spiro atoms. The van der Waals surface area contributed by atoms with Gasteiger partial charge in [-0.2, -0.15) is 5.26 Å². The van der Waals surface area contributed by atoms with Crippen molar-refractivity contribution in [3.05, 3.63) is 45.1 Å². The second-order valence-corrected chi connectivity index (χ2v) is 5.46. The van der Waals surface area contributed by atoms with Crippen LogP contribution in [0.1, 0.15) is 21.2 Å². The van der Waals surface area contributed by atoms with Crippen LogP contribution in [0.2, 0.25) is 5.02 Å². The number of carbonyl (C=O) groups is 1. The van der Waals surface area contributed by atoms with Gasteiger partial charge < -0.3 is 9.47 Å². The summed E-state index contributed by atoms with van der Waals surface area (Å²) < 4.78 is 10.3. The maximum Gasteiger partial charge on any atom is 0.195 e. The van der Waals surface area contributed by atoms with Crippen LogP contribution in [0.3, 0.4) is 0 Å². The van der Waals surface area contributed by atoms with Crippen LogP contribution in [0.5, 0.6) is 11.5 Å². The Kier molecular flexibility index (Phi) is 4.84. The van der Waals surface area contributed by atoms with Crippen LogP contribution in [0, 0.1) is 11.3 Å². The van der Waals surface area contributed by atoms with Gasteiger partial charge in [0, 0.05) is 0 Å². The molecule has 0 amide bonds. The van der Waals surface area contributed by atoms with Crippen molar-refractivity contribution >= 4 is 28.7 Å². The Morgan fingerprint density at radius 3 is 2.52 bits per heavy atom. The topological polar surface area (TPSA) is 59.3 Å². The lowest BCUT2D eigenvalue weighted by atomic mass is 9.95. The number of hydrogen-bond acceptors (Lipinski definition) is 5. The van der Waals surface area contributed by atoms with Gasteiger partial charge in [0.2, 0.25) is 0 Å². The van der Waals surface area contributed by atoms with Crippen molar-refractivity contribution in [2.24, 2.45) is 0 Å². The first-order valence-electron chi connectivity index (χ1n) is 6.01. The first kappa shape index (κ1) is 15.4. The molecule has 21 heavy (non-hydrogen) atoms. The average Bonchev–Trinajstić information content (AvgIpc) is 2.93. The predicted octanol–water partition coefficient (Wildman–Crippen LogP) is 3.91. The minimum absolute atomic E-state index is 0.315. The van der Waals surface area contributed by atoms with E-state index in [4.69, 9.17) is 21.1 Å². The molecule has 1 aromatic heterocycles. The van der Waals surface area contributed by atoms with E-state index in [-0.39, 0.29) is 5.78 Å². The number of nitriles is 1. The number of rotatable bonds is 5. The fourth-order valence-electron chi connectivity index (χ4n) is 1.92. The molecule has 2 aromatic rings. The Labute approximate surface area is 131 Å². The van der Waals surface area contributed by atoms with Crippen molar-refractivity contribution < 1.29 is 14.3 Å². The molecule has 0 aliphatic rings. The second-order valence-electron chi connectivity index (χ2n) is 4.14. The van der Waals surface area contributed by atoms with Gasteiger partial charge in [0.15, 0.2) is 17.3 Å². The zero-order valence-electron chi connectivity index (χ0n) is 11.4. The van der Waals surface area contributed by atoms with Crippen LogP contribution in [0.4, 0.5) is 0 Å². The number of methoxy groups -OCH3 is 2. The Bertz CT molecular complexity index is 705. The molecule has 0 fully saturated rings. The lowest BCUT2D eigenvalue weighted by Gasteiger charge is -2.12. The van der Waals surface area contributed by atoms with Gasteiger partial charge >= 0.3 is 0 Å². The van der Waals surface area contributed by atoms with E-state index in [1.165, 1.54) is 25.6 Å². The van der Waals surface area contributed by atoms with E-state index in [1.807, 2.05) is 6.07 Å². The number of Topliss-reactive ketones (excluding diaryl/α,β-unsaturated/α-hetero) is 1. The molecule has 0 saturated heterocycles. The van der Waals surface area contributed by atoms with Gasteiger partial charge in [-0.3, -0.25) is 4.79 Å². The highest BCUT2D eigenvalue weighted by molar-refractivity contribution is 7.12. The monoisotopic (exact) mass is 321 g/mol. The summed E-state index contributed by atoms with van der Waals surface area (Å²) in [4.78, 5) is 12.8. The molecule has 6 heteroatoms. The van der Waals surface area contributed by atoms with E-state index in [1.54, 1.807) is 29.6 Å². The molecule has 0 aliphatic heterocycles. The maximum absolute atomic E-state index is 12.4. The Morgan fingerprint density at radius 1 is 1.29 bits per heavy atom. The molecule has 0 bridgehead atoms. The van der Waals surface area contributed by atoms with Crippen LogP contribution in [0.25, 0.3) is 0 Å². The summed E-state index contributed by atoms with van der Waals surface area (Å²) >= 11 is 7.19. The van der Waals surface area contributed by atoms with Gasteiger partial charge in [-0.05, 0) is 29.1 Å². The number of hydrogen-bond donors (Lipinski definition) is 0. The molecular weight excluding hydrogens is 310 g/mol. The molecule has 1 unspecified atom stereocenters. The van der Waals surface area contributed by atoms with Gasteiger partial charge in [-0.25, -0.2) is 0 Å². The summed E-state index contributed by atoms with van der Waals surface area (Å²) in [6, 6.07) is 8.64. The zero-order valence-corrected chi connectivity index (χ0v) is 13.0. The van der Waals surface area contributed by atoms with Crippen LogP contribution >= 0.6 is 22.9 Å². The second kappa shape index (κ2) is 6.61. The number of ketones is 1. The van der Waals surface area contributed by atoms with Gasteiger partial charge in [0.05, 0.1) is 30.2 Å². The number of carbonyl (C=O) groups excluding carboxylic acids is 1. The zero-order chi connectivity index (χ0) is 15.4. The SMILES string of the molecule is COc1ccc(C(C#N)C(=O)c2sccc2Cl)cc1OC. The molecule has 1 atom stereocenters. The summed E-state index contributed by atoms with van der Waals surface area (Å²) in [7, 11) is 3.02. The summed E-state index contributed by atoms with van der Waals surface area (Å²) in [5, 5.41) is 11.4. The van der Waals surface area contributed by atoms with Crippen LogP contribution < -0.4 is 9.47 Å². The van der Waals surface area contributed by atoms with Crippen molar-refractivity contribution in [3.63, 3.8) is 0 Å². The van der Waals surface area contributed by atoms with Gasteiger partial charge in [-0.15, -0.1) is 11.3 Å². The normalized spacial score (nSPS) is 11.5. The van der Waals surface area contributed by atoms with Gasteiger partial charge in [0.25, 0.3) is 0 Å². The molecule has 108 valence electrons. The highest BCUT2D eigenvalue weighted by atomic mass is 35.5. The van der Waals surface area contributed by atoms with Gasteiger partial charge in [-0.1, -0.05) is 17.7 Å². The Hall–Kier alpha value is -2.03. The third kappa shape index (κ3) is 3.02. The smallest absolute Gasteiger partial charge is 0.195 e. The minimum Gasteiger partial charge on any atom is -0.493 e. The van der Waals surface area contributed by atoms with Crippen LogP contribution in [-0.2, 0) is 0 Å². The molecule has 1 aromatic carbocycles. The fraction of sp³-hybridized carbons (Fsp3) is 0.200. The molecule has 0 radical (unpaired) electrons. The predicted molar refractivity (Wildman–Crippen MR) is 81.6 cm³/mol.